The molecule has 1 heterocycles. The van der Waals surface area contributed by atoms with E-state index in [9.17, 15) is 4.39 Å². The lowest BCUT2D eigenvalue weighted by molar-refractivity contribution is 0.449. The van der Waals surface area contributed by atoms with Crippen molar-refractivity contribution in [3.63, 3.8) is 0 Å². The molecule has 18 heavy (non-hydrogen) atoms. The molecule has 0 bridgehead atoms. The molecule has 2 aromatic rings. The zero-order chi connectivity index (χ0) is 12.4. The average Bonchev–Trinajstić information content (AvgIpc) is 2.39. The van der Waals surface area contributed by atoms with Gasteiger partial charge in [-0.1, -0.05) is 6.07 Å². The highest BCUT2D eigenvalue weighted by molar-refractivity contribution is 5.38. The van der Waals surface area contributed by atoms with Gasteiger partial charge in [0.25, 0.3) is 0 Å². The molecule has 0 amide bonds. The first-order chi connectivity index (χ1) is 8.81. The molecule has 0 spiro atoms. The van der Waals surface area contributed by atoms with Crippen molar-refractivity contribution in [2.45, 2.75) is 25.7 Å². The van der Waals surface area contributed by atoms with Crippen LogP contribution in [0.15, 0.2) is 30.6 Å². The van der Waals surface area contributed by atoms with Crippen molar-refractivity contribution in [2.24, 2.45) is 0 Å². The molecule has 1 aromatic carbocycles. The van der Waals surface area contributed by atoms with Crippen LogP contribution in [0.5, 0.6) is 11.6 Å². The van der Waals surface area contributed by atoms with Gasteiger partial charge in [-0.15, -0.1) is 0 Å². The number of ether oxygens (including phenoxy) is 1. The molecule has 1 aliphatic carbocycles. The molecule has 1 aliphatic rings. The van der Waals surface area contributed by atoms with Crippen molar-refractivity contribution in [3.8, 4) is 11.6 Å². The van der Waals surface area contributed by atoms with E-state index in [0.717, 1.165) is 19.2 Å². The van der Waals surface area contributed by atoms with Gasteiger partial charge in [-0.05, 0) is 48.9 Å². The molecule has 3 nitrogen and oxygen atoms in total. The molecule has 0 aliphatic heterocycles. The van der Waals surface area contributed by atoms with Crippen LogP contribution in [-0.4, -0.2) is 9.97 Å². The number of aryl methyl sites for hydroxylation is 2. The maximum atomic E-state index is 12.9. The molecule has 0 atom stereocenters. The first-order valence-corrected chi connectivity index (χ1v) is 6.08. The average molecular weight is 244 g/mol. The SMILES string of the molecule is Fc1cc(Oc2ccc3c(c2)CCCC3)ncn1. The minimum Gasteiger partial charge on any atom is -0.439 e. The normalized spacial score (nSPS) is 14.1. The zero-order valence-corrected chi connectivity index (χ0v) is 9.90. The molecule has 0 saturated carbocycles. The molecule has 0 radical (unpaired) electrons. The van der Waals surface area contributed by atoms with E-state index in [0.29, 0.717) is 5.75 Å². The third kappa shape index (κ3) is 2.32. The van der Waals surface area contributed by atoms with Crippen LogP contribution in [0.3, 0.4) is 0 Å². The quantitative estimate of drug-likeness (QED) is 0.760. The second kappa shape index (κ2) is 4.72. The number of hydrogen-bond donors (Lipinski definition) is 0. The van der Waals surface area contributed by atoms with Gasteiger partial charge < -0.3 is 4.74 Å². The zero-order valence-electron chi connectivity index (χ0n) is 9.90. The summed E-state index contributed by atoms with van der Waals surface area (Å²) < 4.78 is 18.4. The molecule has 1 aromatic heterocycles. The first-order valence-electron chi connectivity index (χ1n) is 6.08. The van der Waals surface area contributed by atoms with Gasteiger partial charge in [-0.25, -0.2) is 9.97 Å². The topological polar surface area (TPSA) is 35.0 Å². The summed E-state index contributed by atoms with van der Waals surface area (Å²) in [5, 5.41) is 0. The number of aromatic nitrogens is 2. The second-order valence-electron chi connectivity index (χ2n) is 4.42. The standard InChI is InChI=1S/C14H13FN2O/c15-13-8-14(17-9-16-13)18-12-6-5-10-3-1-2-4-11(10)7-12/h5-9H,1-4H2. The number of rotatable bonds is 2. The predicted molar refractivity (Wildman–Crippen MR) is 65.1 cm³/mol. The Labute approximate surface area is 105 Å². The summed E-state index contributed by atoms with van der Waals surface area (Å²) in [7, 11) is 0. The lowest BCUT2D eigenvalue weighted by Crippen LogP contribution is -2.02. The van der Waals surface area contributed by atoms with Crippen molar-refractivity contribution >= 4 is 0 Å². The molecular weight excluding hydrogens is 231 g/mol. The van der Waals surface area contributed by atoms with Gasteiger partial charge in [0, 0.05) is 0 Å². The van der Waals surface area contributed by atoms with E-state index in [2.05, 4.69) is 16.0 Å². The van der Waals surface area contributed by atoms with E-state index in [-0.39, 0.29) is 5.88 Å². The van der Waals surface area contributed by atoms with Crippen LogP contribution in [0, 0.1) is 5.95 Å². The first kappa shape index (κ1) is 11.1. The maximum absolute atomic E-state index is 12.9. The van der Waals surface area contributed by atoms with E-state index in [1.54, 1.807) is 0 Å². The van der Waals surface area contributed by atoms with Crippen LogP contribution < -0.4 is 4.74 Å². The molecule has 3 rings (SSSR count). The summed E-state index contributed by atoms with van der Waals surface area (Å²) in [6.45, 7) is 0. The van der Waals surface area contributed by atoms with Gasteiger partial charge in [0.1, 0.15) is 12.1 Å². The Morgan fingerprint density at radius 2 is 1.83 bits per heavy atom. The van der Waals surface area contributed by atoms with Crippen molar-refractivity contribution < 1.29 is 9.13 Å². The summed E-state index contributed by atoms with van der Waals surface area (Å²) >= 11 is 0. The monoisotopic (exact) mass is 244 g/mol. The number of benzene rings is 1. The van der Waals surface area contributed by atoms with E-state index >= 15 is 0 Å². The van der Waals surface area contributed by atoms with Crippen LogP contribution in [0.25, 0.3) is 0 Å². The summed E-state index contributed by atoms with van der Waals surface area (Å²) in [5.74, 6) is 0.352. The van der Waals surface area contributed by atoms with E-state index in [1.807, 2.05) is 12.1 Å². The number of fused-ring (bicyclic) bond motifs is 1. The highest BCUT2D eigenvalue weighted by Gasteiger charge is 2.10. The van der Waals surface area contributed by atoms with Gasteiger partial charge in [-0.2, -0.15) is 4.39 Å². The Balaban J connectivity index is 1.85. The fourth-order valence-electron chi connectivity index (χ4n) is 2.27. The van der Waals surface area contributed by atoms with Crippen molar-refractivity contribution in [3.05, 3.63) is 47.7 Å². The maximum Gasteiger partial charge on any atom is 0.225 e. The number of nitrogens with zero attached hydrogens (tertiary/aromatic N) is 2. The molecule has 0 N–H and O–H groups in total. The Morgan fingerprint density at radius 3 is 2.67 bits per heavy atom. The minimum atomic E-state index is -0.585. The number of halogens is 1. The lowest BCUT2D eigenvalue weighted by atomic mass is 9.92. The van der Waals surface area contributed by atoms with Crippen LogP contribution in [-0.2, 0) is 12.8 Å². The second-order valence-corrected chi connectivity index (χ2v) is 4.42. The Kier molecular flexibility index (Phi) is 2.92. The van der Waals surface area contributed by atoms with Crippen LogP contribution in [0.2, 0.25) is 0 Å². The molecule has 92 valence electrons. The van der Waals surface area contributed by atoms with Gasteiger partial charge in [0.05, 0.1) is 6.07 Å². The fourth-order valence-corrected chi connectivity index (χ4v) is 2.27. The van der Waals surface area contributed by atoms with Crippen LogP contribution >= 0.6 is 0 Å². The third-order valence-electron chi connectivity index (χ3n) is 3.15. The molecular formula is C14H13FN2O. The highest BCUT2D eigenvalue weighted by atomic mass is 19.1. The van der Waals surface area contributed by atoms with E-state index in [4.69, 9.17) is 4.74 Å². The van der Waals surface area contributed by atoms with Crippen molar-refractivity contribution in [1.29, 1.82) is 0 Å². The third-order valence-corrected chi connectivity index (χ3v) is 3.15. The Bertz CT molecular complexity index is 571. The van der Waals surface area contributed by atoms with Crippen LogP contribution in [0.1, 0.15) is 24.0 Å². The predicted octanol–water partition coefficient (Wildman–Crippen LogP) is 3.29. The lowest BCUT2D eigenvalue weighted by Gasteiger charge is -2.16. The van der Waals surface area contributed by atoms with Gasteiger partial charge in [-0.3, -0.25) is 0 Å². The van der Waals surface area contributed by atoms with Gasteiger partial charge >= 0.3 is 0 Å². The summed E-state index contributed by atoms with van der Waals surface area (Å²) in [6.07, 6.45) is 5.86. The summed E-state index contributed by atoms with van der Waals surface area (Å²) in [4.78, 5) is 7.27. The van der Waals surface area contributed by atoms with E-state index in [1.165, 1.54) is 30.0 Å². The van der Waals surface area contributed by atoms with Crippen LogP contribution in [0.4, 0.5) is 4.39 Å². The molecule has 0 saturated heterocycles. The molecule has 0 unspecified atom stereocenters. The Morgan fingerprint density at radius 1 is 1.00 bits per heavy atom. The fraction of sp³-hybridized carbons (Fsp3) is 0.286. The van der Waals surface area contributed by atoms with E-state index < -0.39 is 5.95 Å². The smallest absolute Gasteiger partial charge is 0.225 e. The van der Waals surface area contributed by atoms with Crippen molar-refractivity contribution in [2.75, 3.05) is 0 Å². The molecule has 0 fully saturated rings. The Hall–Kier alpha value is -1.97. The van der Waals surface area contributed by atoms with Crippen molar-refractivity contribution in [1.82, 2.24) is 9.97 Å². The number of hydrogen-bond acceptors (Lipinski definition) is 3. The molecule has 4 heteroatoms. The van der Waals surface area contributed by atoms with Gasteiger partial charge in [0.15, 0.2) is 0 Å². The summed E-state index contributed by atoms with van der Waals surface area (Å²) in [6, 6.07) is 7.19. The largest absolute Gasteiger partial charge is 0.439 e. The summed E-state index contributed by atoms with van der Waals surface area (Å²) in [5.41, 5.74) is 2.72. The van der Waals surface area contributed by atoms with Gasteiger partial charge in [0.2, 0.25) is 11.8 Å². The highest BCUT2D eigenvalue weighted by Crippen LogP contribution is 2.27. The minimum absolute atomic E-state index is 0.234.